The molecule has 0 saturated heterocycles. The summed E-state index contributed by atoms with van der Waals surface area (Å²) in [5.74, 6) is 1.82. The molecule has 100 valence electrons. The van der Waals surface area contributed by atoms with Crippen LogP contribution >= 0.6 is 0 Å². The van der Waals surface area contributed by atoms with Gasteiger partial charge in [-0.05, 0) is 50.1 Å². The highest BCUT2D eigenvalue weighted by Crippen LogP contribution is 2.20. The van der Waals surface area contributed by atoms with Crippen molar-refractivity contribution in [3.8, 4) is 5.75 Å². The van der Waals surface area contributed by atoms with Crippen LogP contribution in [0.25, 0.3) is 0 Å². The highest BCUT2D eigenvalue weighted by atomic mass is 16.5. The maximum Gasteiger partial charge on any atom is 0.130 e. The Kier molecular flexibility index (Phi) is 4.39. The number of hydrogen-bond acceptors (Lipinski definition) is 3. The first-order valence-corrected chi connectivity index (χ1v) is 6.59. The number of benzene rings is 1. The van der Waals surface area contributed by atoms with Gasteiger partial charge in [0.1, 0.15) is 18.2 Å². The predicted molar refractivity (Wildman–Crippen MR) is 78.6 cm³/mol. The molecule has 0 amide bonds. The lowest BCUT2D eigenvalue weighted by Crippen LogP contribution is -2.04. The van der Waals surface area contributed by atoms with Crippen LogP contribution in [0.3, 0.4) is 0 Å². The van der Waals surface area contributed by atoms with Crippen molar-refractivity contribution in [3.05, 3.63) is 53.2 Å². The van der Waals surface area contributed by atoms with E-state index >= 15 is 0 Å². The molecule has 2 aromatic rings. The first kappa shape index (κ1) is 13.4. The second-order valence-corrected chi connectivity index (χ2v) is 4.60. The fourth-order valence-electron chi connectivity index (χ4n) is 1.85. The third-order valence-corrected chi connectivity index (χ3v) is 2.88. The lowest BCUT2D eigenvalue weighted by Gasteiger charge is -2.10. The first-order valence-electron chi connectivity index (χ1n) is 6.59. The SMILES string of the molecule is CCNc1cccc(COc2cc(C)ccc2C)n1. The van der Waals surface area contributed by atoms with Crippen molar-refractivity contribution in [1.82, 2.24) is 4.98 Å². The largest absolute Gasteiger partial charge is 0.487 e. The summed E-state index contributed by atoms with van der Waals surface area (Å²) in [6.45, 7) is 7.53. The summed E-state index contributed by atoms with van der Waals surface area (Å²) in [4.78, 5) is 4.49. The number of nitrogens with zero attached hydrogens (tertiary/aromatic N) is 1. The van der Waals surface area contributed by atoms with Gasteiger partial charge in [0.15, 0.2) is 0 Å². The van der Waals surface area contributed by atoms with E-state index in [1.54, 1.807) is 0 Å². The van der Waals surface area contributed by atoms with Crippen molar-refractivity contribution < 1.29 is 4.74 Å². The van der Waals surface area contributed by atoms with E-state index in [0.29, 0.717) is 6.61 Å². The summed E-state index contributed by atoms with van der Waals surface area (Å²) >= 11 is 0. The number of ether oxygens (including phenoxy) is 1. The Labute approximate surface area is 114 Å². The summed E-state index contributed by atoms with van der Waals surface area (Å²) in [6.07, 6.45) is 0. The molecule has 19 heavy (non-hydrogen) atoms. The molecule has 3 nitrogen and oxygen atoms in total. The summed E-state index contributed by atoms with van der Waals surface area (Å²) < 4.78 is 5.85. The van der Waals surface area contributed by atoms with Gasteiger partial charge in [0.25, 0.3) is 0 Å². The van der Waals surface area contributed by atoms with Gasteiger partial charge in [0.2, 0.25) is 0 Å². The van der Waals surface area contributed by atoms with Crippen LogP contribution in [-0.2, 0) is 6.61 Å². The molecule has 2 rings (SSSR count). The highest BCUT2D eigenvalue weighted by Gasteiger charge is 2.02. The minimum atomic E-state index is 0.490. The minimum absolute atomic E-state index is 0.490. The van der Waals surface area contributed by atoms with E-state index in [0.717, 1.165) is 29.4 Å². The lowest BCUT2D eigenvalue weighted by atomic mass is 10.1. The number of hydrogen-bond donors (Lipinski definition) is 1. The van der Waals surface area contributed by atoms with Crippen LogP contribution in [0.15, 0.2) is 36.4 Å². The molecular weight excluding hydrogens is 236 g/mol. The molecular formula is C16H20N2O. The third kappa shape index (κ3) is 3.71. The molecule has 1 heterocycles. The van der Waals surface area contributed by atoms with Crippen LogP contribution in [-0.4, -0.2) is 11.5 Å². The predicted octanol–water partition coefficient (Wildman–Crippen LogP) is 3.71. The summed E-state index contributed by atoms with van der Waals surface area (Å²) in [5, 5.41) is 3.20. The zero-order valence-electron chi connectivity index (χ0n) is 11.7. The molecule has 0 aliphatic carbocycles. The van der Waals surface area contributed by atoms with Crippen LogP contribution in [0, 0.1) is 13.8 Å². The van der Waals surface area contributed by atoms with Crippen molar-refractivity contribution in [2.45, 2.75) is 27.4 Å². The molecule has 0 saturated carbocycles. The molecule has 1 aromatic carbocycles. The van der Waals surface area contributed by atoms with Gasteiger partial charge < -0.3 is 10.1 Å². The Balaban J connectivity index is 2.05. The highest BCUT2D eigenvalue weighted by molar-refractivity contribution is 5.37. The molecule has 0 atom stereocenters. The van der Waals surface area contributed by atoms with Crippen LogP contribution in [0.5, 0.6) is 5.75 Å². The molecule has 0 unspecified atom stereocenters. The molecule has 1 aromatic heterocycles. The number of pyridine rings is 1. The Morgan fingerprint density at radius 3 is 2.79 bits per heavy atom. The molecule has 1 N–H and O–H groups in total. The zero-order valence-corrected chi connectivity index (χ0v) is 11.7. The first-order chi connectivity index (χ1) is 9.19. The van der Waals surface area contributed by atoms with Gasteiger partial charge in [-0.15, -0.1) is 0 Å². The van der Waals surface area contributed by atoms with E-state index in [1.165, 1.54) is 5.56 Å². The van der Waals surface area contributed by atoms with Crippen molar-refractivity contribution in [1.29, 1.82) is 0 Å². The minimum Gasteiger partial charge on any atom is -0.487 e. The van der Waals surface area contributed by atoms with Crippen LogP contribution in [0.4, 0.5) is 5.82 Å². The van der Waals surface area contributed by atoms with Crippen LogP contribution in [0.1, 0.15) is 23.7 Å². The van der Waals surface area contributed by atoms with Crippen molar-refractivity contribution >= 4 is 5.82 Å². The lowest BCUT2D eigenvalue weighted by molar-refractivity contribution is 0.299. The van der Waals surface area contributed by atoms with Gasteiger partial charge in [0.05, 0.1) is 5.69 Å². The topological polar surface area (TPSA) is 34.1 Å². The average molecular weight is 256 g/mol. The molecule has 0 spiro atoms. The van der Waals surface area contributed by atoms with Gasteiger partial charge in [-0.2, -0.15) is 0 Å². The second-order valence-electron chi connectivity index (χ2n) is 4.60. The zero-order chi connectivity index (χ0) is 13.7. The Hall–Kier alpha value is -2.03. The number of rotatable bonds is 5. The van der Waals surface area contributed by atoms with Gasteiger partial charge in [-0.25, -0.2) is 4.98 Å². The van der Waals surface area contributed by atoms with E-state index in [-0.39, 0.29) is 0 Å². The smallest absolute Gasteiger partial charge is 0.130 e. The Bertz CT molecular complexity index is 552. The maximum atomic E-state index is 5.85. The van der Waals surface area contributed by atoms with Gasteiger partial charge in [-0.1, -0.05) is 18.2 Å². The van der Waals surface area contributed by atoms with E-state index in [1.807, 2.05) is 18.2 Å². The molecule has 0 radical (unpaired) electrons. The third-order valence-electron chi connectivity index (χ3n) is 2.88. The van der Waals surface area contributed by atoms with Crippen molar-refractivity contribution in [2.24, 2.45) is 0 Å². The second kappa shape index (κ2) is 6.23. The molecule has 0 aliphatic rings. The normalized spacial score (nSPS) is 10.3. The summed E-state index contributed by atoms with van der Waals surface area (Å²) in [5.41, 5.74) is 3.28. The number of nitrogens with one attached hydrogen (secondary N) is 1. The van der Waals surface area contributed by atoms with Gasteiger partial charge >= 0.3 is 0 Å². The maximum absolute atomic E-state index is 5.85. The molecule has 0 aliphatic heterocycles. The Morgan fingerprint density at radius 1 is 1.16 bits per heavy atom. The van der Waals surface area contributed by atoms with Crippen LogP contribution in [0.2, 0.25) is 0 Å². The van der Waals surface area contributed by atoms with E-state index in [4.69, 9.17) is 4.74 Å². The number of aryl methyl sites for hydroxylation is 2. The van der Waals surface area contributed by atoms with E-state index in [2.05, 4.69) is 49.3 Å². The molecule has 0 fully saturated rings. The Morgan fingerprint density at radius 2 is 2.00 bits per heavy atom. The number of anilines is 1. The number of aromatic nitrogens is 1. The monoisotopic (exact) mass is 256 g/mol. The van der Waals surface area contributed by atoms with Crippen molar-refractivity contribution in [3.63, 3.8) is 0 Å². The van der Waals surface area contributed by atoms with Gasteiger partial charge in [0, 0.05) is 6.54 Å². The van der Waals surface area contributed by atoms with E-state index in [9.17, 15) is 0 Å². The molecule has 3 heteroatoms. The summed E-state index contributed by atoms with van der Waals surface area (Å²) in [7, 11) is 0. The quantitative estimate of drug-likeness (QED) is 0.885. The van der Waals surface area contributed by atoms with E-state index < -0.39 is 0 Å². The average Bonchev–Trinajstić information content (AvgIpc) is 2.41. The summed E-state index contributed by atoms with van der Waals surface area (Å²) in [6, 6.07) is 12.2. The standard InChI is InChI=1S/C16H20N2O/c1-4-17-16-7-5-6-14(18-16)11-19-15-10-12(2)8-9-13(15)3/h5-10H,4,11H2,1-3H3,(H,17,18). The van der Waals surface area contributed by atoms with Gasteiger partial charge in [-0.3, -0.25) is 0 Å². The fraction of sp³-hybridized carbons (Fsp3) is 0.312. The fourth-order valence-corrected chi connectivity index (χ4v) is 1.85. The van der Waals surface area contributed by atoms with Crippen molar-refractivity contribution in [2.75, 3.05) is 11.9 Å². The molecule has 0 bridgehead atoms. The van der Waals surface area contributed by atoms with Crippen LogP contribution < -0.4 is 10.1 Å².